The molecule has 0 amide bonds. The van der Waals surface area contributed by atoms with Crippen molar-refractivity contribution in [2.45, 2.75) is 23.9 Å². The number of benzene rings is 1. The van der Waals surface area contributed by atoms with Crippen LogP contribution in [0.15, 0.2) is 41.3 Å². The fourth-order valence-corrected chi connectivity index (χ4v) is 3.49. The Labute approximate surface area is 160 Å². The summed E-state index contributed by atoms with van der Waals surface area (Å²) >= 11 is 5.71. The Morgan fingerprint density at radius 3 is 2.36 bits per heavy atom. The average Bonchev–Trinajstić information content (AvgIpc) is 2.52. The second-order valence-corrected chi connectivity index (χ2v) is 7.43. The normalized spacial score (nSPS) is 12.8. The van der Waals surface area contributed by atoms with Gasteiger partial charge in [-0.25, -0.2) is 13.4 Å². The number of sulfonamides is 1. The van der Waals surface area contributed by atoms with Gasteiger partial charge in [0.2, 0.25) is 0 Å². The van der Waals surface area contributed by atoms with E-state index in [1.807, 2.05) is 4.72 Å². The molecule has 0 saturated carbocycles. The first-order valence-corrected chi connectivity index (χ1v) is 9.14. The van der Waals surface area contributed by atoms with Crippen LogP contribution >= 0.6 is 11.6 Å². The maximum Gasteiger partial charge on any atom is 0.416 e. The molecular weight excluding hydrogens is 438 g/mol. The van der Waals surface area contributed by atoms with E-state index >= 15 is 0 Å². The summed E-state index contributed by atoms with van der Waals surface area (Å²) in [5.74, 6) is -0.332. The molecule has 0 radical (unpaired) electrons. The quantitative estimate of drug-likeness (QED) is 0.654. The lowest BCUT2D eigenvalue weighted by Gasteiger charge is -2.13. The number of rotatable bonds is 6. The van der Waals surface area contributed by atoms with Crippen molar-refractivity contribution in [3.05, 3.63) is 52.7 Å². The third-order valence-corrected chi connectivity index (χ3v) is 4.95. The molecule has 0 aliphatic carbocycles. The van der Waals surface area contributed by atoms with Crippen molar-refractivity contribution in [2.75, 3.05) is 11.3 Å². The molecule has 1 aromatic heterocycles. The number of halogens is 7. The third kappa shape index (κ3) is 6.24. The van der Waals surface area contributed by atoms with E-state index in [9.17, 15) is 34.8 Å². The number of hydrogen-bond acceptors (Lipinski definition) is 4. The molecule has 0 fully saturated rings. The van der Waals surface area contributed by atoms with Crippen LogP contribution in [-0.4, -0.2) is 26.2 Å². The molecule has 0 unspecified atom stereocenters. The van der Waals surface area contributed by atoms with Crippen molar-refractivity contribution in [1.82, 2.24) is 4.98 Å². The molecule has 154 valence electrons. The molecule has 2 aromatic rings. The zero-order valence-electron chi connectivity index (χ0n) is 13.6. The third-order valence-electron chi connectivity index (χ3n) is 3.11. The Kier molecular flexibility index (Phi) is 6.46. The first kappa shape index (κ1) is 22.2. The van der Waals surface area contributed by atoms with Gasteiger partial charge in [-0.2, -0.15) is 26.3 Å². The summed E-state index contributed by atoms with van der Waals surface area (Å²) in [7, 11) is -4.55. The van der Waals surface area contributed by atoms with E-state index in [1.165, 1.54) is 12.1 Å². The molecule has 28 heavy (non-hydrogen) atoms. The molecule has 0 saturated heterocycles. The van der Waals surface area contributed by atoms with E-state index in [0.717, 1.165) is 12.1 Å². The zero-order chi connectivity index (χ0) is 21.2. The second kappa shape index (κ2) is 8.13. The number of pyridine rings is 1. The van der Waals surface area contributed by atoms with Crippen molar-refractivity contribution in [3.63, 3.8) is 0 Å². The van der Waals surface area contributed by atoms with E-state index in [2.05, 4.69) is 9.72 Å². The van der Waals surface area contributed by atoms with Crippen LogP contribution in [0.25, 0.3) is 0 Å². The van der Waals surface area contributed by atoms with Gasteiger partial charge in [0.15, 0.2) is 0 Å². The van der Waals surface area contributed by atoms with Gasteiger partial charge in [0, 0.05) is 0 Å². The van der Waals surface area contributed by atoms with Gasteiger partial charge in [0.1, 0.15) is 17.3 Å². The molecule has 5 nitrogen and oxygen atoms in total. The highest BCUT2D eigenvalue weighted by molar-refractivity contribution is 7.92. The smallest absolute Gasteiger partial charge is 0.366 e. The minimum Gasteiger partial charge on any atom is -0.366 e. The maximum absolute atomic E-state index is 12.8. The fourth-order valence-electron chi connectivity index (χ4n) is 1.97. The number of nitrogens with one attached hydrogen (secondary N) is 1. The Morgan fingerprint density at radius 1 is 1.07 bits per heavy atom. The van der Waals surface area contributed by atoms with Gasteiger partial charge in [0.05, 0.1) is 22.9 Å². The number of nitrogens with zero attached hydrogens (tertiary/aromatic N) is 1. The second-order valence-electron chi connectivity index (χ2n) is 5.37. The zero-order valence-corrected chi connectivity index (χ0v) is 15.2. The Morgan fingerprint density at radius 2 is 1.75 bits per heavy atom. The van der Waals surface area contributed by atoms with Crippen molar-refractivity contribution in [2.24, 2.45) is 0 Å². The van der Waals surface area contributed by atoms with E-state index in [0.29, 0.717) is 12.1 Å². The van der Waals surface area contributed by atoms with Gasteiger partial charge in [-0.05, 0) is 30.3 Å². The molecule has 1 aromatic carbocycles. The van der Waals surface area contributed by atoms with Crippen LogP contribution in [-0.2, 0) is 27.5 Å². The lowest BCUT2D eigenvalue weighted by molar-refractivity contribution is -0.176. The molecular formula is C15H11ClF6N2O3S. The molecule has 1 N–H and O–H groups in total. The van der Waals surface area contributed by atoms with Gasteiger partial charge >= 0.3 is 12.4 Å². The van der Waals surface area contributed by atoms with Crippen LogP contribution in [0.1, 0.15) is 11.3 Å². The van der Waals surface area contributed by atoms with Crippen LogP contribution in [0.3, 0.4) is 0 Å². The Balaban J connectivity index is 2.22. The van der Waals surface area contributed by atoms with E-state index in [1.54, 1.807) is 0 Å². The molecule has 13 heteroatoms. The standard InChI is InChI=1S/C15H11ClF6N2O3S/c16-11-5-4-9(15(20,21)22)6-12(11)28(25,26)24-13-3-1-2-10(23-13)7-27-8-14(17,18)19/h1-6H,7-8H2,(H,23,24). The summed E-state index contributed by atoms with van der Waals surface area (Å²) in [5, 5.41) is -0.454. The molecule has 0 spiro atoms. The van der Waals surface area contributed by atoms with Gasteiger partial charge < -0.3 is 4.74 Å². The molecule has 0 bridgehead atoms. The van der Waals surface area contributed by atoms with Gasteiger partial charge in [0.25, 0.3) is 10.0 Å². The van der Waals surface area contributed by atoms with Crippen molar-refractivity contribution in [3.8, 4) is 0 Å². The Bertz CT molecular complexity index is 948. The predicted octanol–water partition coefficient (Wildman–Crippen LogP) is 4.63. The fraction of sp³-hybridized carbons (Fsp3) is 0.267. The van der Waals surface area contributed by atoms with E-state index < -0.39 is 51.1 Å². The van der Waals surface area contributed by atoms with Crippen LogP contribution < -0.4 is 4.72 Å². The summed E-state index contributed by atoms with van der Waals surface area (Å²) in [5.41, 5.74) is -1.25. The van der Waals surface area contributed by atoms with Crippen molar-refractivity contribution in [1.29, 1.82) is 0 Å². The summed E-state index contributed by atoms with van der Waals surface area (Å²) < 4.78 is 106. The topological polar surface area (TPSA) is 68.3 Å². The molecule has 2 rings (SSSR count). The summed E-state index contributed by atoms with van der Waals surface area (Å²) in [6, 6.07) is 5.50. The van der Waals surface area contributed by atoms with Crippen LogP contribution in [0.5, 0.6) is 0 Å². The summed E-state index contributed by atoms with van der Waals surface area (Å²) in [6.45, 7) is -2.08. The minimum atomic E-state index is -4.79. The van der Waals surface area contributed by atoms with E-state index in [-0.39, 0.29) is 11.5 Å². The first-order chi connectivity index (χ1) is 12.8. The lowest BCUT2D eigenvalue weighted by Crippen LogP contribution is -2.18. The Hall–Kier alpha value is -2.05. The predicted molar refractivity (Wildman–Crippen MR) is 87.2 cm³/mol. The summed E-state index contributed by atoms with van der Waals surface area (Å²) in [6.07, 6.45) is -9.33. The molecule has 1 heterocycles. The molecule has 0 atom stereocenters. The van der Waals surface area contributed by atoms with Crippen LogP contribution in [0, 0.1) is 0 Å². The number of alkyl halides is 6. The largest absolute Gasteiger partial charge is 0.416 e. The number of aromatic nitrogens is 1. The first-order valence-electron chi connectivity index (χ1n) is 7.28. The van der Waals surface area contributed by atoms with E-state index in [4.69, 9.17) is 11.6 Å². The monoisotopic (exact) mass is 448 g/mol. The number of hydrogen-bond donors (Lipinski definition) is 1. The van der Waals surface area contributed by atoms with Crippen molar-refractivity contribution >= 4 is 27.4 Å². The van der Waals surface area contributed by atoms with Crippen LogP contribution in [0.4, 0.5) is 32.2 Å². The highest BCUT2D eigenvalue weighted by Gasteiger charge is 2.33. The molecule has 0 aliphatic heterocycles. The molecule has 0 aliphatic rings. The highest BCUT2D eigenvalue weighted by atomic mass is 35.5. The minimum absolute atomic E-state index is 0.0282. The summed E-state index contributed by atoms with van der Waals surface area (Å²) in [4.78, 5) is 2.93. The number of anilines is 1. The van der Waals surface area contributed by atoms with Gasteiger partial charge in [-0.3, -0.25) is 4.72 Å². The lowest BCUT2D eigenvalue weighted by atomic mass is 10.2. The van der Waals surface area contributed by atoms with Gasteiger partial charge in [-0.15, -0.1) is 0 Å². The highest BCUT2D eigenvalue weighted by Crippen LogP contribution is 2.33. The van der Waals surface area contributed by atoms with Crippen molar-refractivity contribution < 1.29 is 39.5 Å². The maximum atomic E-state index is 12.8. The van der Waals surface area contributed by atoms with Crippen LogP contribution in [0.2, 0.25) is 5.02 Å². The average molecular weight is 449 g/mol. The van der Waals surface area contributed by atoms with Gasteiger partial charge in [-0.1, -0.05) is 17.7 Å². The number of ether oxygens (including phenoxy) is 1. The SMILES string of the molecule is O=S(=O)(Nc1cccc(COCC(F)(F)F)n1)c1cc(C(F)(F)F)ccc1Cl.